The molecule has 29 heavy (non-hydrogen) atoms. The first-order chi connectivity index (χ1) is 14.1. The summed E-state index contributed by atoms with van der Waals surface area (Å²) in [5.74, 6) is 0.0351. The van der Waals surface area contributed by atoms with Crippen LogP contribution in [0.25, 0.3) is 0 Å². The van der Waals surface area contributed by atoms with Crippen LogP contribution in [-0.2, 0) is 16.1 Å². The van der Waals surface area contributed by atoms with Crippen molar-refractivity contribution in [1.82, 2.24) is 25.3 Å². The van der Waals surface area contributed by atoms with Crippen LogP contribution in [0.15, 0.2) is 12.3 Å². The lowest BCUT2D eigenvalue weighted by atomic mass is 10.00. The van der Waals surface area contributed by atoms with Crippen molar-refractivity contribution < 1.29 is 14.3 Å². The zero-order chi connectivity index (χ0) is 20.2. The average molecular weight is 404 g/mol. The molecule has 160 valence electrons. The third-order valence-electron chi connectivity index (χ3n) is 6.31. The van der Waals surface area contributed by atoms with E-state index in [2.05, 4.69) is 20.6 Å². The highest BCUT2D eigenvalue weighted by molar-refractivity contribution is 5.92. The van der Waals surface area contributed by atoms with E-state index in [1.54, 1.807) is 10.7 Å². The van der Waals surface area contributed by atoms with Gasteiger partial charge in [-0.15, -0.1) is 0 Å². The average Bonchev–Trinajstić information content (AvgIpc) is 3.46. The van der Waals surface area contributed by atoms with Gasteiger partial charge < -0.3 is 15.4 Å². The van der Waals surface area contributed by atoms with E-state index in [0.29, 0.717) is 17.8 Å². The Labute approximate surface area is 172 Å². The van der Waals surface area contributed by atoms with Crippen molar-refractivity contribution in [2.24, 2.45) is 5.92 Å². The summed E-state index contributed by atoms with van der Waals surface area (Å²) in [6, 6.07) is 2.58. The van der Waals surface area contributed by atoms with Crippen LogP contribution in [0.3, 0.4) is 0 Å². The molecule has 0 bridgehead atoms. The van der Waals surface area contributed by atoms with Gasteiger partial charge in [-0.25, -0.2) is 0 Å². The Morgan fingerprint density at radius 2 is 1.83 bits per heavy atom. The van der Waals surface area contributed by atoms with Crippen LogP contribution in [0.1, 0.15) is 55.9 Å². The zero-order valence-corrected chi connectivity index (χ0v) is 17.3. The molecule has 2 atom stereocenters. The molecule has 1 aliphatic carbocycles. The second-order valence-corrected chi connectivity index (χ2v) is 8.58. The number of ether oxygens (including phenoxy) is 1. The first-order valence-corrected chi connectivity index (χ1v) is 11.1. The molecule has 3 fully saturated rings. The van der Waals surface area contributed by atoms with Crippen LogP contribution in [0, 0.1) is 5.92 Å². The lowest BCUT2D eigenvalue weighted by molar-refractivity contribution is -0.126. The van der Waals surface area contributed by atoms with Crippen molar-refractivity contribution in [2.75, 3.05) is 26.3 Å². The topological polar surface area (TPSA) is 88.5 Å². The molecule has 8 nitrogen and oxygen atoms in total. The van der Waals surface area contributed by atoms with Crippen molar-refractivity contribution in [3.05, 3.63) is 18.0 Å². The Balaban J connectivity index is 1.42. The van der Waals surface area contributed by atoms with Gasteiger partial charge in [0, 0.05) is 57.2 Å². The minimum Gasteiger partial charge on any atom is -0.381 e. The lowest BCUT2D eigenvalue weighted by Gasteiger charge is -2.36. The van der Waals surface area contributed by atoms with Gasteiger partial charge in [0.05, 0.1) is 5.92 Å². The first-order valence-electron chi connectivity index (χ1n) is 11.1. The third-order valence-corrected chi connectivity index (χ3v) is 6.31. The summed E-state index contributed by atoms with van der Waals surface area (Å²) in [6.07, 6.45) is 7.61. The van der Waals surface area contributed by atoms with Crippen LogP contribution in [0.4, 0.5) is 0 Å². The molecule has 2 amide bonds. The maximum atomic E-state index is 12.8. The summed E-state index contributed by atoms with van der Waals surface area (Å²) in [5.41, 5.74) is 0.455. The van der Waals surface area contributed by atoms with Crippen LogP contribution < -0.4 is 10.6 Å². The largest absolute Gasteiger partial charge is 0.381 e. The van der Waals surface area contributed by atoms with E-state index >= 15 is 0 Å². The number of carbonyl (C=O) groups excluding carboxylic acids is 2. The van der Waals surface area contributed by atoms with Crippen molar-refractivity contribution >= 4 is 11.8 Å². The molecule has 3 heterocycles. The Hall–Kier alpha value is -1.93. The summed E-state index contributed by atoms with van der Waals surface area (Å²) in [4.78, 5) is 27.9. The third kappa shape index (κ3) is 5.36. The summed E-state index contributed by atoms with van der Waals surface area (Å²) < 4.78 is 7.29. The van der Waals surface area contributed by atoms with Crippen LogP contribution >= 0.6 is 0 Å². The van der Waals surface area contributed by atoms with Gasteiger partial charge in [-0.3, -0.25) is 19.2 Å². The van der Waals surface area contributed by atoms with Gasteiger partial charge in [0.1, 0.15) is 5.69 Å². The molecule has 8 heteroatoms. The molecular formula is C21H33N5O3. The highest BCUT2D eigenvalue weighted by Gasteiger charge is 2.35. The van der Waals surface area contributed by atoms with Gasteiger partial charge >= 0.3 is 0 Å². The number of amides is 2. The monoisotopic (exact) mass is 403 g/mol. The van der Waals surface area contributed by atoms with Crippen LogP contribution in [0.5, 0.6) is 0 Å². The predicted molar refractivity (Wildman–Crippen MR) is 108 cm³/mol. The number of nitrogens with zero attached hydrogens (tertiary/aromatic N) is 3. The molecular weight excluding hydrogens is 370 g/mol. The highest BCUT2D eigenvalue weighted by atomic mass is 16.5. The molecule has 0 radical (unpaired) electrons. The van der Waals surface area contributed by atoms with E-state index in [1.165, 1.54) is 0 Å². The zero-order valence-electron chi connectivity index (χ0n) is 17.3. The van der Waals surface area contributed by atoms with Crippen molar-refractivity contribution in [2.45, 2.75) is 70.1 Å². The lowest BCUT2D eigenvalue weighted by Crippen LogP contribution is -2.49. The summed E-state index contributed by atoms with van der Waals surface area (Å²) in [6.45, 7) is 5.82. The summed E-state index contributed by atoms with van der Waals surface area (Å²) in [7, 11) is 0. The quantitative estimate of drug-likeness (QED) is 0.744. The van der Waals surface area contributed by atoms with Gasteiger partial charge in [-0.05, 0) is 51.5 Å². The molecule has 2 saturated heterocycles. The Bertz CT molecular complexity index is 711. The maximum Gasteiger partial charge on any atom is 0.272 e. The van der Waals surface area contributed by atoms with Crippen molar-refractivity contribution in [3.63, 3.8) is 0 Å². The van der Waals surface area contributed by atoms with E-state index in [4.69, 9.17) is 4.74 Å². The Kier molecular flexibility index (Phi) is 6.50. The molecule has 2 aliphatic heterocycles. The smallest absolute Gasteiger partial charge is 0.272 e. The predicted octanol–water partition coefficient (Wildman–Crippen LogP) is 1.17. The van der Waals surface area contributed by atoms with Crippen molar-refractivity contribution in [3.8, 4) is 0 Å². The number of nitrogens with one attached hydrogen (secondary N) is 2. The molecule has 2 N–H and O–H groups in total. The number of hydrogen-bond acceptors (Lipinski definition) is 5. The first kappa shape index (κ1) is 20.3. The Morgan fingerprint density at radius 1 is 1.07 bits per heavy atom. The molecule has 1 aromatic heterocycles. The fraction of sp³-hybridized carbons (Fsp3) is 0.762. The molecule has 4 rings (SSSR count). The standard InChI is InChI=1S/C21H33N5O3/c1-2-26-10-7-19(24-26)21(28)23-17-4-3-15(20(27)22-16-5-6-16)13-25(14-17)18-8-11-29-12-9-18/h7,10,15-18H,2-6,8-9,11-14H2,1H3,(H,22,27)(H,23,28)/t15-,17+/m1/s1. The molecule has 0 unspecified atom stereocenters. The number of hydrogen-bond donors (Lipinski definition) is 2. The maximum absolute atomic E-state index is 12.8. The SMILES string of the molecule is CCn1ccc(C(=O)N[C@H]2CC[C@@H](C(=O)NC3CC3)CN(C3CCOCC3)C2)n1. The molecule has 1 saturated carbocycles. The van der Waals surface area contributed by atoms with Gasteiger partial charge in [-0.2, -0.15) is 5.10 Å². The fourth-order valence-corrected chi connectivity index (χ4v) is 4.37. The number of carbonyl (C=O) groups is 2. The summed E-state index contributed by atoms with van der Waals surface area (Å²) in [5, 5.41) is 10.7. The fourth-order valence-electron chi connectivity index (χ4n) is 4.37. The van der Waals surface area contributed by atoms with Gasteiger partial charge in [-0.1, -0.05) is 0 Å². The highest BCUT2D eigenvalue weighted by Crippen LogP contribution is 2.25. The second kappa shape index (κ2) is 9.26. The van der Waals surface area contributed by atoms with Crippen LogP contribution in [0.2, 0.25) is 0 Å². The van der Waals surface area contributed by atoms with E-state index in [0.717, 1.165) is 71.4 Å². The molecule has 1 aromatic rings. The molecule has 3 aliphatic rings. The Morgan fingerprint density at radius 3 is 2.52 bits per heavy atom. The van der Waals surface area contributed by atoms with Gasteiger partial charge in [0.25, 0.3) is 5.91 Å². The van der Waals surface area contributed by atoms with Gasteiger partial charge in [0.2, 0.25) is 5.91 Å². The molecule has 0 aromatic carbocycles. The normalized spacial score (nSPS) is 26.7. The van der Waals surface area contributed by atoms with Gasteiger partial charge in [0.15, 0.2) is 0 Å². The number of aromatic nitrogens is 2. The molecule has 0 spiro atoms. The number of aryl methyl sites for hydroxylation is 1. The van der Waals surface area contributed by atoms with Crippen LogP contribution in [-0.4, -0.2) is 70.9 Å². The minimum absolute atomic E-state index is 0.0142. The van der Waals surface area contributed by atoms with E-state index in [-0.39, 0.29) is 23.8 Å². The minimum atomic E-state index is -0.130. The second-order valence-electron chi connectivity index (χ2n) is 8.58. The summed E-state index contributed by atoms with van der Waals surface area (Å²) >= 11 is 0. The van der Waals surface area contributed by atoms with E-state index < -0.39 is 0 Å². The number of rotatable bonds is 6. The van der Waals surface area contributed by atoms with E-state index in [1.807, 2.05) is 13.1 Å². The number of likely N-dealkylation sites (tertiary alicyclic amines) is 1. The van der Waals surface area contributed by atoms with E-state index in [9.17, 15) is 9.59 Å². The van der Waals surface area contributed by atoms with Crippen molar-refractivity contribution in [1.29, 1.82) is 0 Å².